The van der Waals surface area contributed by atoms with Gasteiger partial charge in [-0.1, -0.05) is 6.42 Å². The van der Waals surface area contributed by atoms with Crippen molar-refractivity contribution in [1.29, 1.82) is 0 Å². The second-order valence-electron chi connectivity index (χ2n) is 3.81. The van der Waals surface area contributed by atoms with Crippen molar-refractivity contribution < 1.29 is 4.74 Å². The largest absolute Gasteiger partial charge is 0.478 e. The number of hydrogen-bond donors (Lipinski definition) is 1. The maximum atomic E-state index is 5.66. The number of nitrogens with two attached hydrogens (primary N) is 1. The molecule has 0 radical (unpaired) electrons. The molecule has 1 aromatic heterocycles. The number of fused-ring (bicyclic) bond motifs is 1. The molecule has 15 heavy (non-hydrogen) atoms. The lowest BCUT2D eigenvalue weighted by atomic mass is 10.1. The van der Waals surface area contributed by atoms with Crippen molar-refractivity contribution in [3.8, 4) is 5.88 Å². The van der Waals surface area contributed by atoms with Crippen LogP contribution >= 0.6 is 0 Å². The number of ether oxygens (including phenoxy) is 1. The molecule has 0 saturated carbocycles. The first-order valence-electron chi connectivity index (χ1n) is 5.59. The van der Waals surface area contributed by atoms with Crippen LogP contribution in [-0.4, -0.2) is 16.6 Å². The first kappa shape index (κ1) is 10.2. The molecule has 1 aliphatic carbocycles. The van der Waals surface area contributed by atoms with Gasteiger partial charge in [0.2, 0.25) is 11.8 Å². The van der Waals surface area contributed by atoms with E-state index in [4.69, 9.17) is 10.5 Å². The standard InChI is InChI=1S/C11H17N3O/c1-2-15-10-8-6-4-3-5-7-9(8)13-11(12)14-10/h2-7H2,1H3,(H2,12,13,14). The number of aromatic nitrogens is 2. The van der Waals surface area contributed by atoms with E-state index in [0.29, 0.717) is 18.4 Å². The molecule has 2 N–H and O–H groups in total. The van der Waals surface area contributed by atoms with Crippen molar-refractivity contribution in [2.45, 2.75) is 39.0 Å². The number of nitrogens with zero attached hydrogens (tertiary/aromatic N) is 2. The quantitative estimate of drug-likeness (QED) is 0.750. The summed E-state index contributed by atoms with van der Waals surface area (Å²) in [6.45, 7) is 2.59. The summed E-state index contributed by atoms with van der Waals surface area (Å²) in [7, 11) is 0. The fourth-order valence-electron chi connectivity index (χ4n) is 2.01. The van der Waals surface area contributed by atoms with E-state index < -0.39 is 0 Å². The van der Waals surface area contributed by atoms with E-state index in [0.717, 1.165) is 18.5 Å². The monoisotopic (exact) mass is 207 g/mol. The molecule has 2 rings (SSSR count). The van der Waals surface area contributed by atoms with Crippen molar-refractivity contribution in [2.24, 2.45) is 0 Å². The van der Waals surface area contributed by atoms with Gasteiger partial charge in [-0.05, 0) is 32.6 Å². The fourth-order valence-corrected chi connectivity index (χ4v) is 2.01. The van der Waals surface area contributed by atoms with Crippen LogP contribution in [0, 0.1) is 0 Å². The Morgan fingerprint density at radius 3 is 2.80 bits per heavy atom. The van der Waals surface area contributed by atoms with Gasteiger partial charge in [0, 0.05) is 5.56 Å². The Labute approximate surface area is 89.9 Å². The van der Waals surface area contributed by atoms with Gasteiger partial charge >= 0.3 is 0 Å². The van der Waals surface area contributed by atoms with E-state index in [9.17, 15) is 0 Å². The molecule has 0 aromatic carbocycles. The number of hydrogen-bond acceptors (Lipinski definition) is 4. The molecule has 0 amide bonds. The van der Waals surface area contributed by atoms with E-state index in [1.54, 1.807) is 0 Å². The smallest absolute Gasteiger partial charge is 0.223 e. The van der Waals surface area contributed by atoms with E-state index in [2.05, 4.69) is 9.97 Å². The summed E-state index contributed by atoms with van der Waals surface area (Å²) in [6.07, 6.45) is 5.66. The van der Waals surface area contributed by atoms with Crippen LogP contribution in [0.2, 0.25) is 0 Å². The van der Waals surface area contributed by atoms with Crippen molar-refractivity contribution in [1.82, 2.24) is 9.97 Å². The molecule has 0 atom stereocenters. The van der Waals surface area contributed by atoms with E-state index >= 15 is 0 Å². The summed E-state index contributed by atoms with van der Waals surface area (Å²) in [4.78, 5) is 8.47. The van der Waals surface area contributed by atoms with Gasteiger partial charge in [-0.15, -0.1) is 0 Å². The molecule has 0 unspecified atom stereocenters. The van der Waals surface area contributed by atoms with Gasteiger partial charge in [-0.3, -0.25) is 0 Å². The first-order chi connectivity index (χ1) is 7.31. The van der Waals surface area contributed by atoms with Crippen LogP contribution in [-0.2, 0) is 12.8 Å². The summed E-state index contributed by atoms with van der Waals surface area (Å²) in [6, 6.07) is 0. The molecule has 0 aliphatic heterocycles. The summed E-state index contributed by atoms with van der Waals surface area (Å²) >= 11 is 0. The predicted octanol–water partition coefficient (Wildman–Crippen LogP) is 1.73. The third-order valence-electron chi connectivity index (χ3n) is 2.69. The minimum Gasteiger partial charge on any atom is -0.478 e. The highest BCUT2D eigenvalue weighted by molar-refractivity contribution is 5.37. The van der Waals surface area contributed by atoms with Gasteiger partial charge in [0.05, 0.1) is 12.3 Å². The molecule has 82 valence electrons. The summed E-state index contributed by atoms with van der Waals surface area (Å²) in [5.74, 6) is 1.03. The van der Waals surface area contributed by atoms with Gasteiger partial charge in [0.25, 0.3) is 0 Å². The lowest BCUT2D eigenvalue weighted by Gasteiger charge is -2.11. The maximum absolute atomic E-state index is 5.66. The molecule has 1 aliphatic rings. The number of anilines is 1. The lowest BCUT2D eigenvalue weighted by Crippen LogP contribution is -2.08. The number of nitrogen functional groups attached to an aromatic ring is 1. The summed E-state index contributed by atoms with van der Waals surface area (Å²) in [5.41, 5.74) is 7.92. The van der Waals surface area contributed by atoms with Crippen LogP contribution in [0.4, 0.5) is 5.95 Å². The molecule has 1 heterocycles. The van der Waals surface area contributed by atoms with Crippen LogP contribution in [0.5, 0.6) is 5.88 Å². The molecule has 0 spiro atoms. The van der Waals surface area contributed by atoms with Gasteiger partial charge in [-0.2, -0.15) is 4.98 Å². The summed E-state index contributed by atoms with van der Waals surface area (Å²) < 4.78 is 5.51. The molecule has 0 bridgehead atoms. The normalized spacial score (nSPS) is 15.5. The third-order valence-corrected chi connectivity index (χ3v) is 2.69. The van der Waals surface area contributed by atoms with Gasteiger partial charge < -0.3 is 10.5 Å². The Hall–Kier alpha value is -1.32. The molecular weight excluding hydrogens is 190 g/mol. The van der Waals surface area contributed by atoms with Gasteiger partial charge in [0.1, 0.15) is 0 Å². The zero-order valence-electron chi connectivity index (χ0n) is 9.12. The van der Waals surface area contributed by atoms with Crippen LogP contribution in [0.25, 0.3) is 0 Å². The highest BCUT2D eigenvalue weighted by Crippen LogP contribution is 2.26. The minimum atomic E-state index is 0.332. The van der Waals surface area contributed by atoms with Crippen molar-refractivity contribution in [3.05, 3.63) is 11.3 Å². The second kappa shape index (κ2) is 4.47. The van der Waals surface area contributed by atoms with Crippen LogP contribution in [0.1, 0.15) is 37.4 Å². The molecule has 0 saturated heterocycles. The predicted molar refractivity (Wildman–Crippen MR) is 58.9 cm³/mol. The Bertz CT molecular complexity index is 352. The van der Waals surface area contributed by atoms with E-state index in [1.807, 2.05) is 6.92 Å². The Kier molecular flexibility index (Phi) is 3.04. The fraction of sp³-hybridized carbons (Fsp3) is 0.636. The number of rotatable bonds is 2. The van der Waals surface area contributed by atoms with E-state index in [1.165, 1.54) is 24.8 Å². The third kappa shape index (κ3) is 2.19. The average Bonchev–Trinajstić information content (AvgIpc) is 2.43. The van der Waals surface area contributed by atoms with Crippen LogP contribution < -0.4 is 10.5 Å². The average molecular weight is 207 g/mol. The maximum Gasteiger partial charge on any atom is 0.223 e. The molecular formula is C11H17N3O. The topological polar surface area (TPSA) is 61.0 Å². The van der Waals surface area contributed by atoms with E-state index in [-0.39, 0.29) is 0 Å². The van der Waals surface area contributed by atoms with Crippen LogP contribution in [0.3, 0.4) is 0 Å². The summed E-state index contributed by atoms with van der Waals surface area (Å²) in [5, 5.41) is 0. The zero-order chi connectivity index (χ0) is 10.7. The molecule has 0 fully saturated rings. The van der Waals surface area contributed by atoms with Crippen molar-refractivity contribution >= 4 is 5.95 Å². The number of aryl methyl sites for hydroxylation is 1. The molecule has 1 aromatic rings. The first-order valence-corrected chi connectivity index (χ1v) is 5.59. The zero-order valence-corrected chi connectivity index (χ0v) is 9.12. The molecule has 4 nitrogen and oxygen atoms in total. The Morgan fingerprint density at radius 1 is 1.20 bits per heavy atom. The van der Waals surface area contributed by atoms with Crippen LogP contribution in [0.15, 0.2) is 0 Å². The second-order valence-corrected chi connectivity index (χ2v) is 3.81. The van der Waals surface area contributed by atoms with Gasteiger partial charge in [0.15, 0.2) is 0 Å². The lowest BCUT2D eigenvalue weighted by molar-refractivity contribution is 0.322. The van der Waals surface area contributed by atoms with Crippen molar-refractivity contribution in [2.75, 3.05) is 12.3 Å². The Morgan fingerprint density at radius 2 is 2.00 bits per heavy atom. The minimum absolute atomic E-state index is 0.332. The highest BCUT2D eigenvalue weighted by Gasteiger charge is 2.16. The molecule has 4 heteroatoms. The Balaban J connectivity index is 2.40. The van der Waals surface area contributed by atoms with Gasteiger partial charge in [-0.25, -0.2) is 4.98 Å². The highest BCUT2D eigenvalue weighted by atomic mass is 16.5. The van der Waals surface area contributed by atoms with Crippen molar-refractivity contribution in [3.63, 3.8) is 0 Å². The SMILES string of the molecule is CCOc1nc(N)nc2c1CCCCC2.